The molecule has 0 saturated carbocycles. The summed E-state index contributed by atoms with van der Waals surface area (Å²) < 4.78 is 17.0. The van der Waals surface area contributed by atoms with E-state index in [0.717, 1.165) is 22.4 Å². The van der Waals surface area contributed by atoms with Gasteiger partial charge in [-0.05, 0) is 59.9 Å². The average Bonchev–Trinajstić information content (AvgIpc) is 3.47. The van der Waals surface area contributed by atoms with Crippen LogP contribution in [0.25, 0.3) is 22.2 Å². The number of amides is 1. The summed E-state index contributed by atoms with van der Waals surface area (Å²) in [6.07, 6.45) is 0.697. The quantitative estimate of drug-likeness (QED) is 0.343. The summed E-state index contributed by atoms with van der Waals surface area (Å²) in [5.41, 5.74) is 4.05. The molecule has 35 heavy (non-hydrogen) atoms. The van der Waals surface area contributed by atoms with Gasteiger partial charge < -0.3 is 29.5 Å². The average molecular weight is 504 g/mol. The maximum atomic E-state index is 11.2. The number of thiophene rings is 1. The summed E-state index contributed by atoms with van der Waals surface area (Å²) in [5.74, 6) is 1.92. The zero-order chi connectivity index (χ0) is 25.5. The van der Waals surface area contributed by atoms with Gasteiger partial charge >= 0.3 is 0 Å². The van der Waals surface area contributed by atoms with Crippen LogP contribution in [0.15, 0.2) is 22.0 Å². The van der Waals surface area contributed by atoms with Gasteiger partial charge in [-0.2, -0.15) is 4.98 Å². The lowest BCUT2D eigenvalue weighted by atomic mass is 10.0. The third kappa shape index (κ3) is 6.59. The molecule has 3 N–H and O–H groups in total. The number of hydrogen-bond donors (Lipinski definition) is 3. The Balaban J connectivity index is 1.81. The smallest absolute Gasteiger partial charge is 0.268 e. The molecule has 3 rings (SSSR count). The number of ether oxygens (including phenoxy) is 2. The maximum Gasteiger partial charge on any atom is 0.268 e. The molecule has 10 heteroatoms. The molecule has 0 saturated heterocycles. The number of benzene rings is 1. The molecule has 0 aliphatic heterocycles. The van der Waals surface area contributed by atoms with E-state index in [4.69, 9.17) is 19.1 Å². The Morgan fingerprint density at radius 3 is 2.71 bits per heavy atom. The van der Waals surface area contributed by atoms with Gasteiger partial charge in [-0.1, -0.05) is 25.9 Å². The molecular formula is C25H33N3O6S. The maximum absolute atomic E-state index is 11.2. The number of rotatable bonds is 12. The monoisotopic (exact) mass is 503 g/mol. The Morgan fingerprint density at radius 1 is 1.29 bits per heavy atom. The highest BCUT2D eigenvalue weighted by Gasteiger charge is 2.20. The Hall–Kier alpha value is -2.95. The van der Waals surface area contributed by atoms with Crippen molar-refractivity contribution in [3.63, 3.8) is 0 Å². The minimum Gasteiger partial charge on any atom is -0.493 e. The highest BCUT2D eigenvalue weighted by Crippen LogP contribution is 2.38. The third-order valence-corrected chi connectivity index (χ3v) is 6.60. The van der Waals surface area contributed by atoms with E-state index < -0.39 is 18.6 Å². The molecule has 0 radical (unpaired) electrons. The minimum absolute atomic E-state index is 0.0338. The molecule has 1 unspecified atom stereocenters. The number of nitrogens with zero attached hydrogens (tertiary/aromatic N) is 2. The number of aliphatic hydroxyl groups excluding tert-OH is 2. The SMILES string of the molecule is CCc1cc(-c2noc(-c3scc(CC(C)C)c3C)n2)cc(OC)c1OCC(O)CNC(=O)CO. The summed E-state index contributed by atoms with van der Waals surface area (Å²) >= 11 is 1.61. The molecule has 9 nitrogen and oxygen atoms in total. The lowest BCUT2D eigenvalue weighted by molar-refractivity contribution is -0.124. The van der Waals surface area contributed by atoms with Crippen LogP contribution in [0.3, 0.4) is 0 Å². The van der Waals surface area contributed by atoms with Gasteiger partial charge in [0.1, 0.15) is 19.3 Å². The molecule has 1 amide bonds. The summed E-state index contributed by atoms with van der Waals surface area (Å²) in [5, 5.41) is 27.6. The van der Waals surface area contributed by atoms with Crippen molar-refractivity contribution in [2.45, 2.75) is 46.6 Å². The van der Waals surface area contributed by atoms with Gasteiger partial charge in [-0.3, -0.25) is 4.79 Å². The molecule has 0 bridgehead atoms. The topological polar surface area (TPSA) is 127 Å². The van der Waals surface area contributed by atoms with Crippen LogP contribution in [0.1, 0.15) is 37.5 Å². The van der Waals surface area contributed by atoms with Crippen molar-refractivity contribution in [2.75, 3.05) is 26.9 Å². The molecule has 0 aliphatic carbocycles. The first kappa shape index (κ1) is 26.7. The summed E-state index contributed by atoms with van der Waals surface area (Å²) in [7, 11) is 1.54. The predicted octanol–water partition coefficient (Wildman–Crippen LogP) is 3.39. The lowest BCUT2D eigenvalue weighted by Crippen LogP contribution is -2.36. The predicted molar refractivity (Wildman–Crippen MR) is 134 cm³/mol. The molecule has 0 fully saturated rings. The first-order valence-electron chi connectivity index (χ1n) is 11.6. The van der Waals surface area contributed by atoms with Crippen molar-refractivity contribution in [1.29, 1.82) is 0 Å². The van der Waals surface area contributed by atoms with Gasteiger partial charge in [0.15, 0.2) is 11.5 Å². The highest BCUT2D eigenvalue weighted by molar-refractivity contribution is 7.13. The van der Waals surface area contributed by atoms with Crippen LogP contribution in [0.2, 0.25) is 0 Å². The van der Waals surface area contributed by atoms with Crippen molar-refractivity contribution >= 4 is 17.2 Å². The molecule has 0 aliphatic rings. The van der Waals surface area contributed by atoms with E-state index >= 15 is 0 Å². The number of carbonyl (C=O) groups is 1. The Labute approximate surface area is 209 Å². The van der Waals surface area contributed by atoms with Crippen LogP contribution < -0.4 is 14.8 Å². The van der Waals surface area contributed by atoms with E-state index in [1.54, 1.807) is 17.4 Å². The molecule has 1 atom stereocenters. The minimum atomic E-state index is -0.950. The zero-order valence-corrected chi connectivity index (χ0v) is 21.6. The van der Waals surface area contributed by atoms with Crippen molar-refractivity contribution in [2.24, 2.45) is 5.92 Å². The second-order valence-electron chi connectivity index (χ2n) is 8.68. The van der Waals surface area contributed by atoms with Crippen LogP contribution in [-0.4, -0.2) is 59.2 Å². The first-order chi connectivity index (χ1) is 16.8. The second-order valence-corrected chi connectivity index (χ2v) is 9.56. The van der Waals surface area contributed by atoms with Crippen LogP contribution in [0, 0.1) is 12.8 Å². The van der Waals surface area contributed by atoms with Crippen LogP contribution in [0.4, 0.5) is 0 Å². The van der Waals surface area contributed by atoms with E-state index in [-0.39, 0.29) is 13.2 Å². The second kappa shape index (κ2) is 12.1. The Bertz CT molecular complexity index is 1120. The van der Waals surface area contributed by atoms with Crippen molar-refractivity contribution in [1.82, 2.24) is 15.5 Å². The van der Waals surface area contributed by atoms with Crippen LogP contribution >= 0.6 is 11.3 Å². The zero-order valence-electron chi connectivity index (χ0n) is 20.8. The van der Waals surface area contributed by atoms with Gasteiger partial charge in [-0.25, -0.2) is 0 Å². The standard InChI is InChI=1S/C25H33N3O6S/c1-6-16-8-17(9-20(32-5)22(16)33-12-19(30)10-26-21(31)11-29)24-27-25(34-28-24)23-15(4)18(13-35-23)7-14(2)3/h8-9,13-14,19,29-30H,6-7,10-12H2,1-5H3,(H,26,31). The molecule has 3 aromatic rings. The molecule has 190 valence electrons. The highest BCUT2D eigenvalue weighted by atomic mass is 32.1. The fourth-order valence-corrected chi connectivity index (χ4v) is 4.66. The van der Waals surface area contributed by atoms with Gasteiger partial charge in [0.25, 0.3) is 5.89 Å². The fraction of sp³-hybridized carbons (Fsp3) is 0.480. The Morgan fingerprint density at radius 2 is 2.06 bits per heavy atom. The molecule has 1 aromatic carbocycles. The number of carbonyl (C=O) groups excluding carboxylic acids is 1. The first-order valence-corrected chi connectivity index (χ1v) is 12.5. The van der Waals surface area contributed by atoms with Crippen molar-refractivity contribution in [3.8, 4) is 33.7 Å². The van der Waals surface area contributed by atoms with Gasteiger partial charge in [0, 0.05) is 12.1 Å². The van der Waals surface area contributed by atoms with Crippen molar-refractivity contribution in [3.05, 3.63) is 34.2 Å². The summed E-state index contributed by atoms with van der Waals surface area (Å²) in [6, 6.07) is 3.69. The normalized spacial score (nSPS) is 12.1. The van der Waals surface area contributed by atoms with E-state index in [2.05, 4.69) is 41.6 Å². The summed E-state index contributed by atoms with van der Waals surface area (Å²) in [6.45, 7) is 7.74. The van der Waals surface area contributed by atoms with E-state index in [1.165, 1.54) is 18.2 Å². The molecule has 0 spiro atoms. The molecular weight excluding hydrogens is 470 g/mol. The lowest BCUT2D eigenvalue weighted by Gasteiger charge is -2.18. The largest absolute Gasteiger partial charge is 0.493 e. The number of aliphatic hydroxyl groups is 2. The Kier molecular flexibility index (Phi) is 9.25. The van der Waals surface area contributed by atoms with Gasteiger partial charge in [-0.15, -0.1) is 11.3 Å². The number of aromatic nitrogens is 2. The van der Waals surface area contributed by atoms with Crippen LogP contribution in [0.5, 0.6) is 11.5 Å². The van der Waals surface area contributed by atoms with Crippen molar-refractivity contribution < 1.29 is 29.0 Å². The number of hydrogen-bond acceptors (Lipinski definition) is 9. The van der Waals surface area contributed by atoms with Gasteiger partial charge in [0.05, 0.1) is 12.0 Å². The number of methoxy groups -OCH3 is 1. The third-order valence-electron chi connectivity index (χ3n) is 5.48. The van der Waals surface area contributed by atoms with Crippen LogP contribution in [-0.2, 0) is 17.6 Å². The van der Waals surface area contributed by atoms with Gasteiger partial charge in [0.2, 0.25) is 11.7 Å². The van der Waals surface area contributed by atoms with E-state index in [0.29, 0.717) is 35.6 Å². The number of aryl methyl sites for hydroxylation is 1. The number of nitrogens with one attached hydrogen (secondary N) is 1. The molecule has 2 heterocycles. The summed E-state index contributed by atoms with van der Waals surface area (Å²) in [4.78, 5) is 16.8. The van der Waals surface area contributed by atoms with E-state index in [9.17, 15) is 9.90 Å². The fourth-order valence-electron chi connectivity index (χ4n) is 3.63. The molecule has 2 aromatic heterocycles. The van der Waals surface area contributed by atoms with E-state index in [1.807, 2.05) is 13.0 Å².